The van der Waals surface area contributed by atoms with Crippen molar-refractivity contribution in [2.75, 3.05) is 7.11 Å². The number of thiazole rings is 1. The van der Waals surface area contributed by atoms with Crippen LogP contribution in [-0.4, -0.2) is 35.2 Å². The SMILES string of the molecule is COC(=O)c1nc(CNC(=O)O)sc1C1CC(F)(F)C1. The maximum Gasteiger partial charge on any atom is 0.405 e. The van der Waals surface area contributed by atoms with Crippen molar-refractivity contribution in [2.45, 2.75) is 31.2 Å². The summed E-state index contributed by atoms with van der Waals surface area (Å²) >= 11 is 1.06. The summed E-state index contributed by atoms with van der Waals surface area (Å²) < 4.78 is 30.4. The Morgan fingerprint density at radius 2 is 2.20 bits per heavy atom. The van der Waals surface area contributed by atoms with Crippen LogP contribution in [0.2, 0.25) is 0 Å². The van der Waals surface area contributed by atoms with E-state index in [9.17, 15) is 18.4 Å². The molecule has 0 spiro atoms. The number of methoxy groups -OCH3 is 1. The quantitative estimate of drug-likeness (QED) is 0.833. The van der Waals surface area contributed by atoms with E-state index in [0.29, 0.717) is 9.88 Å². The minimum Gasteiger partial charge on any atom is -0.465 e. The van der Waals surface area contributed by atoms with Crippen molar-refractivity contribution in [1.29, 1.82) is 0 Å². The average Bonchev–Trinajstić information content (AvgIpc) is 2.76. The molecule has 0 aromatic carbocycles. The fourth-order valence-electron chi connectivity index (χ4n) is 1.97. The normalized spacial score (nSPS) is 17.4. The number of nitrogens with one attached hydrogen (secondary N) is 1. The molecule has 1 amide bonds. The zero-order valence-electron chi connectivity index (χ0n) is 10.5. The Balaban J connectivity index is 2.20. The average molecular weight is 306 g/mol. The van der Waals surface area contributed by atoms with Crippen molar-refractivity contribution in [3.63, 3.8) is 0 Å². The van der Waals surface area contributed by atoms with Crippen LogP contribution >= 0.6 is 11.3 Å². The van der Waals surface area contributed by atoms with Crippen LogP contribution in [0.25, 0.3) is 0 Å². The predicted octanol–water partition coefficient (Wildman–Crippen LogP) is 2.21. The summed E-state index contributed by atoms with van der Waals surface area (Å²) in [6.07, 6.45) is -1.88. The predicted molar refractivity (Wildman–Crippen MR) is 65.2 cm³/mol. The van der Waals surface area contributed by atoms with Gasteiger partial charge < -0.3 is 15.2 Å². The number of alkyl halides is 2. The highest BCUT2D eigenvalue weighted by Crippen LogP contribution is 2.50. The first-order valence-electron chi connectivity index (χ1n) is 5.75. The van der Waals surface area contributed by atoms with Crippen LogP contribution in [0.5, 0.6) is 0 Å². The van der Waals surface area contributed by atoms with E-state index in [1.54, 1.807) is 0 Å². The molecular formula is C11H12F2N2O4S. The van der Waals surface area contributed by atoms with Crippen molar-refractivity contribution in [3.05, 3.63) is 15.6 Å². The molecule has 0 aliphatic heterocycles. The molecule has 0 atom stereocenters. The van der Waals surface area contributed by atoms with Gasteiger partial charge in [0.1, 0.15) is 5.01 Å². The summed E-state index contributed by atoms with van der Waals surface area (Å²) in [5.41, 5.74) is 0.000175. The summed E-state index contributed by atoms with van der Waals surface area (Å²) in [6, 6.07) is 0. The van der Waals surface area contributed by atoms with Gasteiger partial charge in [0.2, 0.25) is 5.92 Å². The maximum atomic E-state index is 12.9. The highest BCUT2D eigenvalue weighted by Gasteiger charge is 2.48. The third kappa shape index (κ3) is 3.03. The number of rotatable bonds is 4. The topological polar surface area (TPSA) is 88.5 Å². The number of carboxylic acid groups (broad SMARTS) is 1. The molecule has 9 heteroatoms. The molecule has 1 fully saturated rings. The summed E-state index contributed by atoms with van der Waals surface area (Å²) in [5.74, 6) is -3.84. The molecule has 2 N–H and O–H groups in total. The number of carbonyl (C=O) groups excluding carboxylic acids is 1. The van der Waals surface area contributed by atoms with Gasteiger partial charge in [-0.05, 0) is 0 Å². The number of aromatic nitrogens is 1. The number of amides is 1. The van der Waals surface area contributed by atoms with Gasteiger partial charge in [-0.15, -0.1) is 11.3 Å². The zero-order valence-corrected chi connectivity index (χ0v) is 11.3. The monoisotopic (exact) mass is 306 g/mol. The van der Waals surface area contributed by atoms with Gasteiger partial charge in [0.15, 0.2) is 5.69 Å². The van der Waals surface area contributed by atoms with Crippen LogP contribution < -0.4 is 5.32 Å². The highest BCUT2D eigenvalue weighted by atomic mass is 32.1. The molecule has 2 rings (SSSR count). The van der Waals surface area contributed by atoms with Gasteiger partial charge in [-0.25, -0.2) is 23.4 Å². The van der Waals surface area contributed by atoms with Gasteiger partial charge in [0.05, 0.1) is 13.7 Å². The first-order chi connectivity index (χ1) is 9.32. The van der Waals surface area contributed by atoms with E-state index in [2.05, 4.69) is 15.0 Å². The zero-order chi connectivity index (χ0) is 14.9. The minimum atomic E-state index is -2.71. The molecule has 110 valence electrons. The van der Waals surface area contributed by atoms with Crippen LogP contribution in [0, 0.1) is 0 Å². The Morgan fingerprint density at radius 1 is 1.55 bits per heavy atom. The first kappa shape index (κ1) is 14.6. The van der Waals surface area contributed by atoms with E-state index < -0.39 is 23.9 Å². The molecular weight excluding hydrogens is 294 g/mol. The van der Waals surface area contributed by atoms with Crippen molar-refractivity contribution < 1.29 is 28.2 Å². The highest BCUT2D eigenvalue weighted by molar-refractivity contribution is 7.12. The van der Waals surface area contributed by atoms with Crippen molar-refractivity contribution in [2.24, 2.45) is 0 Å². The van der Waals surface area contributed by atoms with Gasteiger partial charge in [-0.2, -0.15) is 0 Å². The van der Waals surface area contributed by atoms with E-state index in [1.165, 1.54) is 7.11 Å². The Hall–Kier alpha value is -1.77. The minimum absolute atomic E-state index is 0.000175. The lowest BCUT2D eigenvalue weighted by molar-refractivity contribution is -0.0862. The Kier molecular flexibility index (Phi) is 3.89. The molecule has 1 aromatic rings. The molecule has 1 saturated carbocycles. The number of halogens is 2. The summed E-state index contributed by atoms with van der Waals surface area (Å²) in [7, 11) is 1.18. The van der Waals surface area contributed by atoms with Crippen LogP contribution in [-0.2, 0) is 11.3 Å². The largest absolute Gasteiger partial charge is 0.465 e. The number of hydrogen-bond acceptors (Lipinski definition) is 5. The fraction of sp³-hybridized carbons (Fsp3) is 0.545. The van der Waals surface area contributed by atoms with E-state index >= 15 is 0 Å². The molecule has 1 aliphatic rings. The second kappa shape index (κ2) is 5.31. The number of carbonyl (C=O) groups is 2. The molecule has 1 heterocycles. The molecule has 0 unspecified atom stereocenters. The molecule has 0 bridgehead atoms. The molecule has 0 radical (unpaired) electrons. The molecule has 1 aromatic heterocycles. The standard InChI is InChI=1S/C11H12F2N2O4S/c1-19-9(16)7-8(5-2-11(12,13)3-5)20-6(15-7)4-14-10(17)18/h5,14H,2-4H2,1H3,(H,17,18). The lowest BCUT2D eigenvalue weighted by atomic mass is 9.80. The van der Waals surface area contributed by atoms with Gasteiger partial charge in [-0.3, -0.25) is 0 Å². The summed E-state index contributed by atoms with van der Waals surface area (Å²) in [5, 5.41) is 11.0. The summed E-state index contributed by atoms with van der Waals surface area (Å²) in [4.78, 5) is 26.4. The lowest BCUT2D eigenvalue weighted by Crippen LogP contribution is -2.34. The van der Waals surface area contributed by atoms with Crippen LogP contribution in [0.4, 0.5) is 13.6 Å². The third-order valence-corrected chi connectivity index (χ3v) is 4.15. The Bertz CT molecular complexity index is 539. The van der Waals surface area contributed by atoms with Gasteiger partial charge >= 0.3 is 12.1 Å². The maximum absolute atomic E-state index is 12.9. The van der Waals surface area contributed by atoms with Crippen molar-refractivity contribution in [1.82, 2.24) is 10.3 Å². The van der Waals surface area contributed by atoms with Gasteiger partial charge in [0, 0.05) is 23.6 Å². The van der Waals surface area contributed by atoms with E-state index in [0.717, 1.165) is 11.3 Å². The number of hydrogen-bond donors (Lipinski definition) is 2. The third-order valence-electron chi connectivity index (χ3n) is 2.93. The molecule has 1 aliphatic carbocycles. The van der Waals surface area contributed by atoms with Crippen LogP contribution in [0.15, 0.2) is 0 Å². The van der Waals surface area contributed by atoms with E-state index in [1.807, 2.05) is 0 Å². The van der Waals surface area contributed by atoms with Gasteiger partial charge in [0.25, 0.3) is 0 Å². The lowest BCUT2D eigenvalue weighted by Gasteiger charge is -2.34. The van der Waals surface area contributed by atoms with E-state index in [-0.39, 0.29) is 25.1 Å². The Labute approximate surface area is 116 Å². The van der Waals surface area contributed by atoms with Gasteiger partial charge in [-0.1, -0.05) is 0 Å². The number of esters is 1. The molecule has 6 nitrogen and oxygen atoms in total. The van der Waals surface area contributed by atoms with E-state index in [4.69, 9.17) is 5.11 Å². The second-order valence-corrected chi connectivity index (χ2v) is 5.55. The first-order valence-corrected chi connectivity index (χ1v) is 6.56. The number of nitrogens with zero attached hydrogens (tertiary/aromatic N) is 1. The van der Waals surface area contributed by atoms with Crippen LogP contribution in [0.1, 0.15) is 39.1 Å². The summed E-state index contributed by atoms with van der Waals surface area (Å²) in [6.45, 7) is -0.0763. The fourth-order valence-corrected chi connectivity index (χ4v) is 3.07. The van der Waals surface area contributed by atoms with Crippen LogP contribution in [0.3, 0.4) is 0 Å². The van der Waals surface area contributed by atoms with Crippen molar-refractivity contribution in [3.8, 4) is 0 Å². The molecule has 0 saturated heterocycles. The second-order valence-electron chi connectivity index (χ2n) is 4.43. The number of ether oxygens (including phenoxy) is 1. The molecule has 20 heavy (non-hydrogen) atoms. The van der Waals surface area contributed by atoms with Crippen molar-refractivity contribution >= 4 is 23.4 Å². The smallest absolute Gasteiger partial charge is 0.405 e. The Morgan fingerprint density at radius 3 is 2.70 bits per heavy atom.